The molecule has 0 N–H and O–H groups in total. The number of pyridine rings is 2. The number of fused-ring (bicyclic) bond motifs is 1. The van der Waals surface area contributed by atoms with Gasteiger partial charge in [0.2, 0.25) is 0 Å². The monoisotopic (exact) mass is 506 g/mol. The molecule has 1 saturated carbocycles. The number of hydrogen-bond donors (Lipinski definition) is 0. The molecule has 0 aliphatic heterocycles. The fourth-order valence-corrected chi connectivity index (χ4v) is 4.22. The molecule has 2 aromatic heterocycles. The van der Waals surface area contributed by atoms with Gasteiger partial charge in [-0.15, -0.1) is 0 Å². The lowest BCUT2D eigenvalue weighted by Gasteiger charge is -2.15. The highest BCUT2D eigenvalue weighted by Gasteiger charge is 2.54. The topological polar surface area (TPSA) is 78.4 Å². The van der Waals surface area contributed by atoms with Crippen molar-refractivity contribution in [1.82, 2.24) is 9.97 Å². The third-order valence-corrected chi connectivity index (χ3v) is 6.52. The molecule has 9 heteroatoms. The van der Waals surface area contributed by atoms with Crippen LogP contribution in [-0.4, -0.2) is 28.6 Å². The molecule has 5 rings (SSSR count). The Morgan fingerprint density at radius 1 is 0.892 bits per heavy atom. The maximum Gasteiger partial charge on any atom is 0.166 e. The molecule has 0 amide bonds. The summed E-state index contributed by atoms with van der Waals surface area (Å²) in [7, 11) is 1.49. The van der Waals surface area contributed by atoms with Gasteiger partial charge in [-0.2, -0.15) is 0 Å². The molecule has 4 aromatic rings. The van der Waals surface area contributed by atoms with Crippen LogP contribution < -0.4 is 9.47 Å². The van der Waals surface area contributed by atoms with E-state index in [1.165, 1.54) is 49.8 Å². The minimum absolute atomic E-state index is 0.0323. The molecule has 2 heterocycles. The van der Waals surface area contributed by atoms with Crippen molar-refractivity contribution in [1.29, 1.82) is 0 Å². The van der Waals surface area contributed by atoms with Crippen LogP contribution in [-0.2, 0) is 22.4 Å². The van der Waals surface area contributed by atoms with E-state index in [1.807, 2.05) is 0 Å². The van der Waals surface area contributed by atoms with E-state index < -0.39 is 35.1 Å². The lowest BCUT2D eigenvalue weighted by Crippen LogP contribution is -2.29. The molecule has 37 heavy (non-hydrogen) atoms. The van der Waals surface area contributed by atoms with Gasteiger partial charge in [-0.25, -0.2) is 18.2 Å². The summed E-state index contributed by atoms with van der Waals surface area (Å²) in [5.74, 6) is -2.64. The number of halogens is 3. The van der Waals surface area contributed by atoms with E-state index in [0.29, 0.717) is 35.2 Å². The van der Waals surface area contributed by atoms with Gasteiger partial charge in [-0.3, -0.25) is 14.6 Å². The Bertz CT molecular complexity index is 1520. The quantitative estimate of drug-likeness (QED) is 0.277. The molecule has 6 nitrogen and oxygen atoms in total. The highest BCUT2D eigenvalue weighted by molar-refractivity contribution is 6.11. The molecule has 1 fully saturated rings. The Hall–Kier alpha value is -4.27. The second kappa shape index (κ2) is 9.65. The van der Waals surface area contributed by atoms with Crippen LogP contribution in [0.1, 0.15) is 24.0 Å². The van der Waals surface area contributed by atoms with Gasteiger partial charge < -0.3 is 9.47 Å². The van der Waals surface area contributed by atoms with Gasteiger partial charge in [0.25, 0.3) is 0 Å². The second-order valence-electron chi connectivity index (χ2n) is 8.94. The molecule has 1 aliphatic rings. The Balaban J connectivity index is 1.33. The van der Waals surface area contributed by atoms with E-state index in [2.05, 4.69) is 9.97 Å². The van der Waals surface area contributed by atoms with Crippen LogP contribution in [0.15, 0.2) is 60.9 Å². The minimum atomic E-state index is -1.21. The Kier molecular flexibility index (Phi) is 6.37. The first-order valence-electron chi connectivity index (χ1n) is 11.5. The number of carbonyl (C=O) groups is 2. The van der Waals surface area contributed by atoms with E-state index in [1.54, 1.807) is 6.07 Å². The van der Waals surface area contributed by atoms with E-state index >= 15 is 0 Å². The fraction of sp³-hybridized carbons (Fsp3) is 0.214. The smallest absolute Gasteiger partial charge is 0.166 e. The van der Waals surface area contributed by atoms with E-state index in [-0.39, 0.29) is 29.3 Å². The fourth-order valence-electron chi connectivity index (χ4n) is 4.22. The molecule has 0 radical (unpaired) electrons. The number of benzene rings is 2. The van der Waals surface area contributed by atoms with Crippen LogP contribution in [0.3, 0.4) is 0 Å². The lowest BCUT2D eigenvalue weighted by molar-refractivity contribution is -0.133. The predicted molar refractivity (Wildman–Crippen MR) is 128 cm³/mol. The summed E-state index contributed by atoms with van der Waals surface area (Å²) < 4.78 is 53.7. The minimum Gasteiger partial charge on any atom is -0.495 e. The summed E-state index contributed by atoms with van der Waals surface area (Å²) in [5.41, 5.74) is -0.0218. The van der Waals surface area contributed by atoms with Crippen LogP contribution >= 0.6 is 0 Å². The average Bonchev–Trinajstić information content (AvgIpc) is 3.70. The standard InChI is InChI=1S/C28H21F3N2O4/c1-36-19-13-22-27(33-15-19)23(6-9-32-22)37-24-14-20(30)17(11-21(24)31)12-26(35)28(7-8-28)25(34)10-16-2-4-18(29)5-3-16/h2-6,9,11,13-15H,7-8,10,12H2,1H3. The zero-order valence-corrected chi connectivity index (χ0v) is 19.8. The first kappa shape index (κ1) is 24.4. The zero-order valence-electron chi connectivity index (χ0n) is 19.8. The summed E-state index contributed by atoms with van der Waals surface area (Å²) in [6.07, 6.45) is 3.13. The highest BCUT2D eigenvalue weighted by Crippen LogP contribution is 2.49. The largest absolute Gasteiger partial charge is 0.495 e. The van der Waals surface area contributed by atoms with Gasteiger partial charge in [0.1, 0.15) is 22.9 Å². The van der Waals surface area contributed by atoms with Gasteiger partial charge >= 0.3 is 0 Å². The van der Waals surface area contributed by atoms with Crippen molar-refractivity contribution in [3.8, 4) is 17.2 Å². The molecule has 0 spiro atoms. The van der Waals surface area contributed by atoms with E-state index in [9.17, 15) is 22.8 Å². The molecule has 2 aromatic carbocycles. The molecule has 0 atom stereocenters. The number of ketones is 2. The van der Waals surface area contributed by atoms with Gasteiger partial charge in [-0.1, -0.05) is 12.1 Å². The van der Waals surface area contributed by atoms with Gasteiger partial charge in [0.05, 0.1) is 24.2 Å². The molecule has 188 valence electrons. The first-order valence-corrected chi connectivity index (χ1v) is 11.5. The predicted octanol–water partition coefficient (Wildman–Crippen LogP) is 5.55. The van der Waals surface area contributed by atoms with Crippen LogP contribution in [0.2, 0.25) is 0 Å². The summed E-state index contributed by atoms with van der Waals surface area (Å²) in [5, 5.41) is 0. The first-order chi connectivity index (χ1) is 17.8. The maximum atomic E-state index is 14.9. The third kappa shape index (κ3) is 4.89. The number of nitrogens with zero attached hydrogens (tertiary/aromatic N) is 2. The van der Waals surface area contributed by atoms with Crippen molar-refractivity contribution in [2.24, 2.45) is 5.41 Å². The third-order valence-electron chi connectivity index (χ3n) is 6.52. The van der Waals surface area contributed by atoms with E-state index in [0.717, 1.165) is 12.1 Å². The van der Waals surface area contributed by atoms with E-state index in [4.69, 9.17) is 9.47 Å². The maximum absolute atomic E-state index is 14.9. The lowest BCUT2D eigenvalue weighted by atomic mass is 9.87. The Labute approximate surface area is 210 Å². The normalized spacial score (nSPS) is 13.8. The van der Waals surface area contributed by atoms with Gasteiger partial charge in [-0.05, 0) is 42.2 Å². The van der Waals surface area contributed by atoms with Crippen LogP contribution in [0.4, 0.5) is 13.2 Å². The number of carbonyl (C=O) groups excluding carboxylic acids is 2. The number of aromatic nitrogens is 2. The van der Waals surface area contributed by atoms with Gasteiger partial charge in [0.15, 0.2) is 28.9 Å². The van der Waals surface area contributed by atoms with Crippen molar-refractivity contribution in [2.45, 2.75) is 25.7 Å². The molecule has 0 bridgehead atoms. The molecular weight excluding hydrogens is 485 g/mol. The van der Waals surface area contributed by atoms with Crippen molar-refractivity contribution >= 4 is 22.6 Å². The molecule has 0 unspecified atom stereocenters. The summed E-state index contributed by atoms with van der Waals surface area (Å²) >= 11 is 0. The highest BCUT2D eigenvalue weighted by atomic mass is 19.1. The second-order valence-corrected chi connectivity index (χ2v) is 8.94. The molecule has 1 aliphatic carbocycles. The summed E-state index contributed by atoms with van der Waals surface area (Å²) in [6.45, 7) is 0. The Morgan fingerprint density at radius 2 is 1.62 bits per heavy atom. The zero-order chi connectivity index (χ0) is 26.2. The number of rotatable bonds is 9. The van der Waals surface area contributed by atoms with Crippen LogP contribution in [0.25, 0.3) is 11.0 Å². The summed E-state index contributed by atoms with van der Waals surface area (Å²) in [6, 6.07) is 10.3. The van der Waals surface area contributed by atoms with Gasteiger partial charge in [0, 0.05) is 37.2 Å². The summed E-state index contributed by atoms with van der Waals surface area (Å²) in [4.78, 5) is 34.2. The average molecular weight is 506 g/mol. The van der Waals surface area contributed by atoms with Crippen LogP contribution in [0.5, 0.6) is 17.2 Å². The molecule has 0 saturated heterocycles. The van der Waals surface area contributed by atoms with Crippen molar-refractivity contribution in [2.75, 3.05) is 7.11 Å². The number of Topliss-reactive ketones (excluding diaryl/α,β-unsaturated/α-hetero) is 2. The SMILES string of the molecule is COc1cnc2c(Oc3cc(F)c(CC(=O)C4(C(=O)Cc5ccc(F)cc5)CC4)cc3F)ccnc2c1. The number of methoxy groups -OCH3 is 1. The van der Waals surface area contributed by atoms with Crippen LogP contribution in [0, 0.1) is 22.9 Å². The van der Waals surface area contributed by atoms with Crippen molar-refractivity contribution < 1.29 is 32.2 Å². The number of hydrogen-bond acceptors (Lipinski definition) is 6. The van der Waals surface area contributed by atoms with Crippen molar-refractivity contribution in [3.63, 3.8) is 0 Å². The molecular formula is C28H21F3N2O4. The van der Waals surface area contributed by atoms with Crippen molar-refractivity contribution in [3.05, 3.63) is 89.5 Å². The number of ether oxygens (including phenoxy) is 2. The Morgan fingerprint density at radius 3 is 2.32 bits per heavy atom.